The smallest absolute Gasteiger partial charge is 0.243 e. The molecule has 1 amide bonds. The standard InChI is InChI=1S/C22H30N2O5S/c1-6-28-20-13-9-19(10-14-20)24(30(5,26)27)18(4)22(25)23-17(3)15-29-21-11-7-16(2)8-12-21/h7-14,17-18H,6,15H2,1-5H3,(H,23,25)/t17-,18+/m0/s1. The Kier molecular flexibility index (Phi) is 8.11. The Morgan fingerprint density at radius 1 is 1.00 bits per heavy atom. The third-order valence-electron chi connectivity index (χ3n) is 4.40. The maximum Gasteiger partial charge on any atom is 0.243 e. The molecule has 0 heterocycles. The SMILES string of the molecule is CCOc1ccc(N([C@H](C)C(=O)N[C@@H](C)COc2ccc(C)cc2)S(C)(=O)=O)cc1. The van der Waals surface area contributed by atoms with E-state index < -0.39 is 22.0 Å². The van der Waals surface area contributed by atoms with E-state index in [0.29, 0.717) is 23.8 Å². The zero-order chi connectivity index (χ0) is 22.3. The Labute approximate surface area is 179 Å². The van der Waals surface area contributed by atoms with Gasteiger partial charge in [-0.2, -0.15) is 0 Å². The van der Waals surface area contributed by atoms with Crippen molar-refractivity contribution >= 4 is 21.6 Å². The molecule has 8 heteroatoms. The molecule has 2 rings (SSSR count). The molecule has 0 aromatic heterocycles. The first-order valence-corrected chi connectivity index (χ1v) is 11.7. The highest BCUT2D eigenvalue weighted by Crippen LogP contribution is 2.24. The Hall–Kier alpha value is -2.74. The molecule has 0 spiro atoms. The summed E-state index contributed by atoms with van der Waals surface area (Å²) in [4.78, 5) is 12.7. The quantitative estimate of drug-likeness (QED) is 0.621. The van der Waals surface area contributed by atoms with Gasteiger partial charge < -0.3 is 14.8 Å². The third-order valence-corrected chi connectivity index (χ3v) is 5.64. The van der Waals surface area contributed by atoms with Gasteiger partial charge in [-0.15, -0.1) is 0 Å². The van der Waals surface area contributed by atoms with E-state index in [1.54, 1.807) is 38.1 Å². The third kappa shape index (κ3) is 6.66. The van der Waals surface area contributed by atoms with Crippen LogP contribution in [-0.4, -0.2) is 45.9 Å². The molecule has 2 aromatic rings. The zero-order valence-corrected chi connectivity index (χ0v) is 18.9. The molecule has 2 atom stereocenters. The van der Waals surface area contributed by atoms with Crippen LogP contribution in [0.3, 0.4) is 0 Å². The fourth-order valence-corrected chi connectivity index (χ4v) is 4.10. The molecule has 0 bridgehead atoms. The van der Waals surface area contributed by atoms with Crippen molar-refractivity contribution in [2.24, 2.45) is 0 Å². The Bertz CT molecular complexity index is 927. The molecular formula is C22H30N2O5S. The fraction of sp³-hybridized carbons (Fsp3) is 0.409. The van der Waals surface area contributed by atoms with Gasteiger partial charge in [0.05, 0.1) is 24.6 Å². The van der Waals surface area contributed by atoms with Crippen LogP contribution in [0.15, 0.2) is 48.5 Å². The summed E-state index contributed by atoms with van der Waals surface area (Å²) >= 11 is 0. The van der Waals surface area contributed by atoms with Crippen molar-refractivity contribution < 1.29 is 22.7 Å². The maximum atomic E-state index is 12.7. The van der Waals surface area contributed by atoms with E-state index in [1.807, 2.05) is 38.1 Å². The number of ether oxygens (including phenoxy) is 2. The molecule has 7 nitrogen and oxygen atoms in total. The number of nitrogens with zero attached hydrogens (tertiary/aromatic N) is 1. The average Bonchev–Trinajstić information content (AvgIpc) is 2.68. The molecule has 164 valence electrons. The number of aryl methyl sites for hydroxylation is 1. The molecule has 0 aliphatic heterocycles. The van der Waals surface area contributed by atoms with Gasteiger partial charge in [0.2, 0.25) is 15.9 Å². The van der Waals surface area contributed by atoms with Crippen LogP contribution in [0, 0.1) is 6.92 Å². The summed E-state index contributed by atoms with van der Waals surface area (Å²) in [7, 11) is -3.68. The van der Waals surface area contributed by atoms with E-state index in [-0.39, 0.29) is 12.6 Å². The fourth-order valence-electron chi connectivity index (χ4n) is 2.93. The van der Waals surface area contributed by atoms with Gasteiger partial charge in [-0.25, -0.2) is 8.42 Å². The summed E-state index contributed by atoms with van der Waals surface area (Å²) in [6.07, 6.45) is 1.08. The molecule has 30 heavy (non-hydrogen) atoms. The van der Waals surface area contributed by atoms with Gasteiger partial charge in [0, 0.05) is 0 Å². The molecule has 0 saturated heterocycles. The van der Waals surface area contributed by atoms with E-state index in [4.69, 9.17) is 9.47 Å². The van der Waals surface area contributed by atoms with E-state index in [2.05, 4.69) is 5.32 Å². The Balaban J connectivity index is 2.04. The normalized spacial score (nSPS) is 13.2. The van der Waals surface area contributed by atoms with Gasteiger partial charge >= 0.3 is 0 Å². The van der Waals surface area contributed by atoms with Crippen molar-refractivity contribution in [3.63, 3.8) is 0 Å². The minimum Gasteiger partial charge on any atom is -0.494 e. The second kappa shape index (κ2) is 10.3. The number of carbonyl (C=O) groups excluding carboxylic acids is 1. The number of amides is 1. The maximum absolute atomic E-state index is 12.7. The lowest BCUT2D eigenvalue weighted by atomic mass is 10.2. The van der Waals surface area contributed by atoms with Gasteiger partial charge in [0.25, 0.3) is 0 Å². The monoisotopic (exact) mass is 434 g/mol. The van der Waals surface area contributed by atoms with Crippen molar-refractivity contribution in [3.05, 3.63) is 54.1 Å². The van der Waals surface area contributed by atoms with Crippen LogP contribution in [0.2, 0.25) is 0 Å². The number of rotatable bonds is 10. The summed E-state index contributed by atoms with van der Waals surface area (Å²) < 4.78 is 37.0. The highest BCUT2D eigenvalue weighted by Gasteiger charge is 2.29. The molecule has 0 saturated carbocycles. The van der Waals surface area contributed by atoms with Crippen LogP contribution >= 0.6 is 0 Å². The molecule has 2 aromatic carbocycles. The minimum atomic E-state index is -3.68. The van der Waals surface area contributed by atoms with Gasteiger partial charge in [-0.05, 0) is 64.1 Å². The Morgan fingerprint density at radius 3 is 2.07 bits per heavy atom. The first-order valence-electron chi connectivity index (χ1n) is 9.84. The van der Waals surface area contributed by atoms with Crippen LogP contribution in [0.1, 0.15) is 26.3 Å². The highest BCUT2D eigenvalue weighted by molar-refractivity contribution is 7.92. The number of nitrogens with one attached hydrogen (secondary N) is 1. The van der Waals surface area contributed by atoms with Crippen molar-refractivity contribution in [3.8, 4) is 11.5 Å². The molecule has 1 N–H and O–H groups in total. The van der Waals surface area contributed by atoms with E-state index in [0.717, 1.165) is 16.1 Å². The van der Waals surface area contributed by atoms with Gasteiger partial charge in [-0.3, -0.25) is 9.10 Å². The van der Waals surface area contributed by atoms with Crippen molar-refractivity contribution in [2.45, 2.75) is 39.8 Å². The predicted octanol–water partition coefficient (Wildman–Crippen LogP) is 3.13. The lowest BCUT2D eigenvalue weighted by Crippen LogP contribution is -2.50. The number of hydrogen-bond donors (Lipinski definition) is 1. The van der Waals surface area contributed by atoms with Crippen LogP contribution in [-0.2, 0) is 14.8 Å². The number of hydrogen-bond acceptors (Lipinski definition) is 5. The van der Waals surface area contributed by atoms with E-state index in [9.17, 15) is 13.2 Å². The first kappa shape index (κ1) is 23.5. The summed E-state index contributed by atoms with van der Waals surface area (Å²) in [5.41, 5.74) is 1.53. The van der Waals surface area contributed by atoms with Crippen molar-refractivity contribution in [2.75, 3.05) is 23.8 Å². The Morgan fingerprint density at radius 2 is 1.53 bits per heavy atom. The van der Waals surface area contributed by atoms with E-state index in [1.165, 1.54) is 0 Å². The van der Waals surface area contributed by atoms with Crippen molar-refractivity contribution in [1.82, 2.24) is 5.32 Å². The zero-order valence-electron chi connectivity index (χ0n) is 18.1. The first-order chi connectivity index (χ1) is 14.1. The largest absolute Gasteiger partial charge is 0.494 e. The lowest BCUT2D eigenvalue weighted by Gasteiger charge is -2.29. The van der Waals surface area contributed by atoms with Crippen LogP contribution in [0.4, 0.5) is 5.69 Å². The van der Waals surface area contributed by atoms with Gasteiger partial charge in [-0.1, -0.05) is 17.7 Å². The molecule has 0 fully saturated rings. The lowest BCUT2D eigenvalue weighted by molar-refractivity contribution is -0.122. The molecule has 0 aliphatic carbocycles. The highest BCUT2D eigenvalue weighted by atomic mass is 32.2. The van der Waals surface area contributed by atoms with Crippen LogP contribution < -0.4 is 19.1 Å². The number of benzene rings is 2. The second-order valence-corrected chi connectivity index (χ2v) is 9.05. The van der Waals surface area contributed by atoms with Crippen LogP contribution in [0.25, 0.3) is 0 Å². The number of anilines is 1. The van der Waals surface area contributed by atoms with Crippen molar-refractivity contribution in [1.29, 1.82) is 0 Å². The number of sulfonamides is 1. The van der Waals surface area contributed by atoms with Gasteiger partial charge in [0.15, 0.2) is 0 Å². The summed E-state index contributed by atoms with van der Waals surface area (Å²) in [5.74, 6) is 0.935. The molecule has 0 radical (unpaired) electrons. The summed E-state index contributed by atoms with van der Waals surface area (Å²) in [6, 6.07) is 13.0. The summed E-state index contributed by atoms with van der Waals surface area (Å²) in [6.45, 7) is 8.00. The van der Waals surface area contributed by atoms with Crippen LogP contribution in [0.5, 0.6) is 11.5 Å². The second-order valence-electron chi connectivity index (χ2n) is 7.20. The molecule has 0 aliphatic rings. The number of carbonyl (C=O) groups is 1. The predicted molar refractivity (Wildman–Crippen MR) is 119 cm³/mol. The minimum absolute atomic E-state index is 0.267. The van der Waals surface area contributed by atoms with E-state index >= 15 is 0 Å². The van der Waals surface area contributed by atoms with Gasteiger partial charge in [0.1, 0.15) is 24.1 Å². The molecule has 0 unspecified atom stereocenters. The molecular weight excluding hydrogens is 404 g/mol. The average molecular weight is 435 g/mol. The topological polar surface area (TPSA) is 84.9 Å². The summed E-state index contributed by atoms with van der Waals surface area (Å²) in [5, 5.41) is 2.82.